The SMILES string of the molecule is CN(CC(=O)N1CCOCC1)S(=O)(=O)c1ccccc1Br. The smallest absolute Gasteiger partial charge is 0.244 e. The summed E-state index contributed by atoms with van der Waals surface area (Å²) in [7, 11) is -2.29. The Kier molecular flexibility index (Phi) is 5.37. The third-order valence-corrected chi connectivity index (χ3v) is 6.06. The van der Waals surface area contributed by atoms with Gasteiger partial charge in [0.15, 0.2) is 0 Å². The minimum Gasteiger partial charge on any atom is -0.378 e. The number of carbonyl (C=O) groups excluding carboxylic acids is 1. The number of benzene rings is 1. The molecule has 0 spiro atoms. The summed E-state index contributed by atoms with van der Waals surface area (Å²) in [6.45, 7) is 1.81. The number of halogens is 1. The molecule has 1 aromatic carbocycles. The molecule has 0 radical (unpaired) electrons. The molecule has 1 fully saturated rings. The Labute approximate surface area is 132 Å². The van der Waals surface area contributed by atoms with E-state index in [9.17, 15) is 13.2 Å². The van der Waals surface area contributed by atoms with Gasteiger partial charge >= 0.3 is 0 Å². The summed E-state index contributed by atoms with van der Waals surface area (Å²) < 4.78 is 31.7. The number of carbonyl (C=O) groups is 1. The number of morpholine rings is 1. The van der Waals surface area contributed by atoms with Crippen molar-refractivity contribution in [2.24, 2.45) is 0 Å². The van der Waals surface area contributed by atoms with E-state index in [-0.39, 0.29) is 17.3 Å². The van der Waals surface area contributed by atoms with E-state index in [4.69, 9.17) is 4.74 Å². The Morgan fingerprint density at radius 2 is 1.95 bits per heavy atom. The van der Waals surface area contributed by atoms with Crippen LogP contribution in [0.25, 0.3) is 0 Å². The average molecular weight is 377 g/mol. The van der Waals surface area contributed by atoms with Crippen LogP contribution in [0.15, 0.2) is 33.6 Å². The standard InChI is InChI=1S/C13H17BrN2O4S/c1-15(10-13(17)16-6-8-20-9-7-16)21(18,19)12-5-3-2-4-11(12)14/h2-5H,6-10H2,1H3. The summed E-state index contributed by atoms with van der Waals surface area (Å²) in [6.07, 6.45) is 0. The largest absolute Gasteiger partial charge is 0.378 e. The topological polar surface area (TPSA) is 66.9 Å². The van der Waals surface area contributed by atoms with E-state index >= 15 is 0 Å². The number of ether oxygens (including phenoxy) is 1. The highest BCUT2D eigenvalue weighted by Gasteiger charge is 2.27. The number of hydrogen-bond acceptors (Lipinski definition) is 4. The molecule has 1 heterocycles. The number of amides is 1. The summed E-state index contributed by atoms with van der Waals surface area (Å²) in [5.41, 5.74) is 0. The van der Waals surface area contributed by atoms with E-state index < -0.39 is 10.0 Å². The van der Waals surface area contributed by atoms with Crippen LogP contribution in [0.1, 0.15) is 0 Å². The van der Waals surface area contributed by atoms with Gasteiger partial charge in [-0.15, -0.1) is 0 Å². The first-order valence-electron chi connectivity index (χ1n) is 6.49. The third-order valence-electron chi connectivity index (χ3n) is 3.25. The van der Waals surface area contributed by atoms with Gasteiger partial charge < -0.3 is 9.64 Å². The van der Waals surface area contributed by atoms with Crippen LogP contribution in [0.2, 0.25) is 0 Å². The van der Waals surface area contributed by atoms with Crippen molar-refractivity contribution in [3.05, 3.63) is 28.7 Å². The van der Waals surface area contributed by atoms with Crippen LogP contribution < -0.4 is 0 Å². The molecule has 21 heavy (non-hydrogen) atoms. The lowest BCUT2D eigenvalue weighted by atomic mass is 10.4. The van der Waals surface area contributed by atoms with Gasteiger partial charge in [0.2, 0.25) is 15.9 Å². The molecule has 6 nitrogen and oxygen atoms in total. The van der Waals surface area contributed by atoms with Crippen molar-refractivity contribution in [1.29, 1.82) is 0 Å². The Bertz CT molecular complexity index is 614. The van der Waals surface area contributed by atoms with E-state index in [2.05, 4.69) is 15.9 Å². The van der Waals surface area contributed by atoms with E-state index in [0.29, 0.717) is 30.8 Å². The summed E-state index contributed by atoms with van der Waals surface area (Å²) >= 11 is 3.23. The summed E-state index contributed by atoms with van der Waals surface area (Å²) in [5.74, 6) is -0.212. The van der Waals surface area contributed by atoms with Gasteiger partial charge in [-0.1, -0.05) is 12.1 Å². The predicted octanol–water partition coefficient (Wildman–Crippen LogP) is 0.928. The maximum atomic E-state index is 12.5. The quantitative estimate of drug-likeness (QED) is 0.783. The molecular weight excluding hydrogens is 360 g/mol. The minimum absolute atomic E-state index is 0.155. The van der Waals surface area contributed by atoms with Crippen LogP contribution in [0.5, 0.6) is 0 Å². The molecule has 1 aromatic rings. The van der Waals surface area contributed by atoms with Gasteiger partial charge in [-0.2, -0.15) is 4.31 Å². The highest BCUT2D eigenvalue weighted by atomic mass is 79.9. The van der Waals surface area contributed by atoms with Gasteiger partial charge in [-0.25, -0.2) is 8.42 Å². The molecular formula is C13H17BrN2O4S. The van der Waals surface area contributed by atoms with Crippen molar-refractivity contribution in [2.45, 2.75) is 4.90 Å². The first-order chi connectivity index (χ1) is 9.93. The molecule has 0 unspecified atom stereocenters. The second-order valence-electron chi connectivity index (χ2n) is 4.68. The lowest BCUT2D eigenvalue weighted by Crippen LogP contribution is -2.46. The number of rotatable bonds is 4. The van der Waals surface area contributed by atoms with Crippen LogP contribution in [0.3, 0.4) is 0 Å². The van der Waals surface area contributed by atoms with Gasteiger partial charge in [0.25, 0.3) is 0 Å². The van der Waals surface area contributed by atoms with Crippen molar-refractivity contribution in [1.82, 2.24) is 9.21 Å². The van der Waals surface area contributed by atoms with Crippen molar-refractivity contribution in [3.63, 3.8) is 0 Å². The zero-order valence-electron chi connectivity index (χ0n) is 11.7. The third kappa shape index (κ3) is 3.82. The highest BCUT2D eigenvalue weighted by Crippen LogP contribution is 2.23. The van der Waals surface area contributed by atoms with Crippen LogP contribution in [0.4, 0.5) is 0 Å². The number of likely N-dealkylation sites (N-methyl/N-ethyl adjacent to an activating group) is 1. The number of hydrogen-bond donors (Lipinski definition) is 0. The molecule has 116 valence electrons. The van der Waals surface area contributed by atoms with Gasteiger partial charge in [0.05, 0.1) is 24.7 Å². The predicted molar refractivity (Wildman–Crippen MR) is 81.4 cm³/mol. The molecule has 8 heteroatoms. The molecule has 0 saturated carbocycles. The second-order valence-corrected chi connectivity index (χ2v) is 7.55. The maximum absolute atomic E-state index is 12.5. The van der Waals surface area contributed by atoms with Crippen molar-refractivity contribution in [3.8, 4) is 0 Å². The zero-order valence-corrected chi connectivity index (χ0v) is 14.1. The first kappa shape index (κ1) is 16.4. The maximum Gasteiger partial charge on any atom is 0.244 e. The molecule has 1 amide bonds. The van der Waals surface area contributed by atoms with E-state index in [1.807, 2.05) is 0 Å². The van der Waals surface area contributed by atoms with E-state index in [1.54, 1.807) is 23.1 Å². The number of sulfonamides is 1. The van der Waals surface area contributed by atoms with E-state index in [1.165, 1.54) is 13.1 Å². The lowest BCUT2D eigenvalue weighted by molar-refractivity contribution is -0.135. The summed E-state index contributed by atoms with van der Waals surface area (Å²) in [4.78, 5) is 13.9. The fourth-order valence-corrected chi connectivity index (χ4v) is 4.09. The molecule has 1 aliphatic heterocycles. The highest BCUT2D eigenvalue weighted by molar-refractivity contribution is 9.10. The molecule has 0 atom stereocenters. The van der Waals surface area contributed by atoms with Crippen LogP contribution in [-0.4, -0.2) is 63.4 Å². The van der Waals surface area contributed by atoms with Gasteiger partial charge in [0, 0.05) is 24.6 Å². The van der Waals surface area contributed by atoms with E-state index in [0.717, 1.165) is 4.31 Å². The van der Waals surface area contributed by atoms with Crippen LogP contribution >= 0.6 is 15.9 Å². The summed E-state index contributed by atoms with van der Waals surface area (Å²) in [5, 5.41) is 0. The second kappa shape index (κ2) is 6.87. The van der Waals surface area contributed by atoms with Gasteiger partial charge in [0.1, 0.15) is 0 Å². The van der Waals surface area contributed by atoms with Crippen molar-refractivity contribution in [2.75, 3.05) is 39.9 Å². The van der Waals surface area contributed by atoms with Crippen LogP contribution in [0, 0.1) is 0 Å². The fraction of sp³-hybridized carbons (Fsp3) is 0.462. The minimum atomic E-state index is -3.70. The monoisotopic (exact) mass is 376 g/mol. The Hall–Kier alpha value is -0.960. The lowest BCUT2D eigenvalue weighted by Gasteiger charge is -2.28. The molecule has 2 rings (SSSR count). The van der Waals surface area contributed by atoms with Crippen molar-refractivity contribution < 1.29 is 17.9 Å². The Morgan fingerprint density at radius 1 is 1.33 bits per heavy atom. The number of nitrogens with zero attached hydrogens (tertiary/aromatic N) is 2. The Morgan fingerprint density at radius 3 is 2.57 bits per heavy atom. The van der Waals surface area contributed by atoms with Crippen LogP contribution in [-0.2, 0) is 19.6 Å². The molecule has 0 bridgehead atoms. The van der Waals surface area contributed by atoms with Gasteiger partial charge in [-0.05, 0) is 28.1 Å². The Balaban J connectivity index is 2.10. The molecule has 0 N–H and O–H groups in total. The summed E-state index contributed by atoms with van der Waals surface area (Å²) in [6, 6.07) is 6.55. The van der Waals surface area contributed by atoms with Crippen molar-refractivity contribution >= 4 is 31.9 Å². The molecule has 0 aliphatic carbocycles. The fourth-order valence-electron chi connectivity index (χ4n) is 2.01. The molecule has 0 aromatic heterocycles. The first-order valence-corrected chi connectivity index (χ1v) is 8.72. The zero-order chi connectivity index (χ0) is 15.5. The molecule has 1 saturated heterocycles. The molecule has 1 aliphatic rings. The van der Waals surface area contributed by atoms with Gasteiger partial charge in [-0.3, -0.25) is 4.79 Å². The normalized spacial score (nSPS) is 16.2. The average Bonchev–Trinajstić information content (AvgIpc) is 2.48.